The number of rotatable bonds is 7. The summed E-state index contributed by atoms with van der Waals surface area (Å²) in [6.07, 6.45) is -0.171. The van der Waals surface area contributed by atoms with E-state index in [4.69, 9.17) is 4.74 Å². The minimum absolute atomic E-state index is 0.155. The molecule has 1 atom stereocenters. The van der Waals surface area contributed by atoms with Gasteiger partial charge in [0.05, 0.1) is 6.61 Å². The molecule has 15 heavy (non-hydrogen) atoms. The Kier molecular flexibility index (Phi) is 6.34. The molecule has 0 aliphatic rings. The minimum atomic E-state index is -2.60. The molecule has 0 aliphatic heterocycles. The molecule has 0 aromatic carbocycles. The first-order valence-electron chi connectivity index (χ1n) is 5.73. The summed E-state index contributed by atoms with van der Waals surface area (Å²) in [5.41, 5.74) is 0. The van der Waals surface area contributed by atoms with E-state index < -0.39 is 11.8 Å². The Morgan fingerprint density at radius 2 is 1.60 bits per heavy atom. The van der Waals surface area contributed by atoms with Gasteiger partial charge in [0.1, 0.15) is 0 Å². The highest BCUT2D eigenvalue weighted by Crippen LogP contribution is 2.27. The first-order chi connectivity index (χ1) is 6.77. The zero-order chi connectivity index (χ0) is 12.1. The van der Waals surface area contributed by atoms with Crippen LogP contribution in [0, 0.1) is 17.8 Å². The Bertz CT molecular complexity index is 167. The Morgan fingerprint density at radius 3 is 2.00 bits per heavy atom. The number of hydrogen-bond donors (Lipinski definition) is 0. The summed E-state index contributed by atoms with van der Waals surface area (Å²) in [6, 6.07) is 0. The number of halogens is 2. The predicted molar refractivity (Wildman–Crippen MR) is 59.2 cm³/mol. The van der Waals surface area contributed by atoms with Crippen molar-refractivity contribution in [3.05, 3.63) is 0 Å². The second-order valence-electron chi connectivity index (χ2n) is 4.96. The summed E-state index contributed by atoms with van der Waals surface area (Å²) >= 11 is 0. The van der Waals surface area contributed by atoms with E-state index >= 15 is 0 Å². The fourth-order valence-corrected chi connectivity index (χ4v) is 0.959. The van der Waals surface area contributed by atoms with Crippen molar-refractivity contribution >= 4 is 0 Å². The highest BCUT2D eigenvalue weighted by atomic mass is 19.3. The molecule has 0 radical (unpaired) electrons. The van der Waals surface area contributed by atoms with Crippen LogP contribution >= 0.6 is 0 Å². The second-order valence-corrected chi connectivity index (χ2v) is 4.96. The quantitative estimate of drug-likeness (QED) is 0.592. The number of ether oxygens (including phenoxy) is 1. The van der Waals surface area contributed by atoms with Crippen LogP contribution in [-0.4, -0.2) is 19.1 Å². The molecular weight excluding hydrogens is 198 g/mol. The summed E-state index contributed by atoms with van der Waals surface area (Å²) in [5.74, 6) is -2.24. The van der Waals surface area contributed by atoms with E-state index in [-0.39, 0.29) is 13.0 Å². The maximum Gasteiger partial charge on any atom is 0.252 e. The van der Waals surface area contributed by atoms with Gasteiger partial charge in [-0.25, -0.2) is 8.78 Å². The molecule has 0 aromatic rings. The molecule has 1 nitrogen and oxygen atoms in total. The lowest BCUT2D eigenvalue weighted by atomic mass is 9.99. The molecule has 0 heterocycles. The standard InChI is InChI=1S/C12H24F2O/c1-9(2)11(5)8-15-7-6-12(13,14)10(3)4/h9-11H,6-8H2,1-5H3. The zero-order valence-electron chi connectivity index (χ0n) is 10.5. The lowest BCUT2D eigenvalue weighted by molar-refractivity contribution is -0.0730. The van der Waals surface area contributed by atoms with Crippen molar-refractivity contribution in [2.24, 2.45) is 17.8 Å². The first-order valence-corrected chi connectivity index (χ1v) is 5.73. The van der Waals surface area contributed by atoms with Crippen molar-refractivity contribution in [3.63, 3.8) is 0 Å². The highest BCUT2D eigenvalue weighted by molar-refractivity contribution is 4.69. The maximum absolute atomic E-state index is 13.1. The smallest absolute Gasteiger partial charge is 0.252 e. The zero-order valence-corrected chi connectivity index (χ0v) is 10.5. The minimum Gasteiger partial charge on any atom is -0.381 e. The second kappa shape index (κ2) is 6.41. The van der Waals surface area contributed by atoms with Crippen molar-refractivity contribution in [3.8, 4) is 0 Å². The number of hydrogen-bond acceptors (Lipinski definition) is 1. The van der Waals surface area contributed by atoms with Crippen LogP contribution in [0.2, 0.25) is 0 Å². The van der Waals surface area contributed by atoms with Gasteiger partial charge in [0.2, 0.25) is 0 Å². The topological polar surface area (TPSA) is 9.23 Å². The van der Waals surface area contributed by atoms with Gasteiger partial charge in [-0.2, -0.15) is 0 Å². The monoisotopic (exact) mass is 222 g/mol. The molecule has 0 fully saturated rings. The molecule has 0 saturated heterocycles. The van der Waals surface area contributed by atoms with Crippen LogP contribution in [0.5, 0.6) is 0 Å². The van der Waals surface area contributed by atoms with E-state index in [9.17, 15) is 8.78 Å². The van der Waals surface area contributed by atoms with Crippen LogP contribution < -0.4 is 0 Å². The normalized spacial score (nSPS) is 15.0. The molecule has 0 amide bonds. The van der Waals surface area contributed by atoms with Crippen molar-refractivity contribution < 1.29 is 13.5 Å². The molecule has 0 saturated carbocycles. The van der Waals surface area contributed by atoms with Gasteiger partial charge in [0, 0.05) is 18.9 Å². The summed E-state index contributed by atoms with van der Waals surface area (Å²) in [6.45, 7) is 10.1. The largest absolute Gasteiger partial charge is 0.381 e. The summed E-state index contributed by atoms with van der Waals surface area (Å²) < 4.78 is 31.6. The van der Waals surface area contributed by atoms with Crippen LogP contribution in [0.15, 0.2) is 0 Å². The average Bonchev–Trinajstić information content (AvgIpc) is 2.11. The van der Waals surface area contributed by atoms with E-state index in [0.29, 0.717) is 18.4 Å². The van der Waals surface area contributed by atoms with Gasteiger partial charge in [-0.05, 0) is 11.8 Å². The molecular formula is C12H24F2O. The molecule has 0 spiro atoms. The fourth-order valence-electron chi connectivity index (χ4n) is 0.959. The molecule has 1 unspecified atom stereocenters. The fraction of sp³-hybridized carbons (Fsp3) is 1.00. The Morgan fingerprint density at radius 1 is 1.07 bits per heavy atom. The third kappa shape index (κ3) is 6.08. The van der Waals surface area contributed by atoms with Crippen molar-refractivity contribution in [1.29, 1.82) is 0 Å². The average molecular weight is 222 g/mol. The van der Waals surface area contributed by atoms with Gasteiger partial charge < -0.3 is 4.74 Å². The van der Waals surface area contributed by atoms with Crippen molar-refractivity contribution in [2.45, 2.75) is 47.0 Å². The molecule has 0 aromatic heterocycles. The predicted octanol–water partition coefficient (Wildman–Crippen LogP) is 3.98. The molecule has 0 aliphatic carbocycles. The summed E-state index contributed by atoms with van der Waals surface area (Å²) in [5, 5.41) is 0. The van der Waals surface area contributed by atoms with Gasteiger partial charge in [-0.1, -0.05) is 34.6 Å². The lowest BCUT2D eigenvalue weighted by Crippen LogP contribution is -2.26. The van der Waals surface area contributed by atoms with Crippen LogP contribution in [-0.2, 0) is 4.74 Å². The molecule has 0 N–H and O–H groups in total. The van der Waals surface area contributed by atoms with E-state index in [1.807, 2.05) is 0 Å². The van der Waals surface area contributed by atoms with Gasteiger partial charge in [0.15, 0.2) is 0 Å². The molecule has 3 heteroatoms. The van der Waals surface area contributed by atoms with Gasteiger partial charge >= 0.3 is 0 Å². The van der Waals surface area contributed by atoms with Crippen molar-refractivity contribution in [1.82, 2.24) is 0 Å². The highest BCUT2D eigenvalue weighted by Gasteiger charge is 2.32. The molecule has 0 bridgehead atoms. The van der Waals surface area contributed by atoms with Gasteiger partial charge in [-0.15, -0.1) is 0 Å². The maximum atomic E-state index is 13.1. The molecule has 92 valence electrons. The van der Waals surface area contributed by atoms with Crippen LogP contribution in [0.4, 0.5) is 8.78 Å². The Hall–Kier alpha value is -0.180. The van der Waals surface area contributed by atoms with E-state index in [0.717, 1.165) is 0 Å². The van der Waals surface area contributed by atoms with E-state index in [2.05, 4.69) is 20.8 Å². The van der Waals surface area contributed by atoms with Gasteiger partial charge in [0.25, 0.3) is 5.92 Å². The van der Waals surface area contributed by atoms with Crippen molar-refractivity contribution in [2.75, 3.05) is 13.2 Å². The van der Waals surface area contributed by atoms with Crippen LogP contribution in [0.25, 0.3) is 0 Å². The van der Waals surface area contributed by atoms with Crippen LogP contribution in [0.3, 0.4) is 0 Å². The van der Waals surface area contributed by atoms with Gasteiger partial charge in [-0.3, -0.25) is 0 Å². The summed E-state index contributed by atoms with van der Waals surface area (Å²) in [7, 11) is 0. The lowest BCUT2D eigenvalue weighted by Gasteiger charge is -2.21. The SMILES string of the molecule is CC(C)C(C)COCCC(F)(F)C(C)C. The van der Waals surface area contributed by atoms with E-state index in [1.165, 1.54) is 13.8 Å². The Balaban J connectivity index is 3.63. The van der Waals surface area contributed by atoms with Crippen LogP contribution in [0.1, 0.15) is 41.0 Å². The number of alkyl halides is 2. The molecule has 0 rings (SSSR count). The Labute approximate surface area is 92.2 Å². The van der Waals surface area contributed by atoms with E-state index in [1.54, 1.807) is 0 Å². The third-order valence-corrected chi connectivity index (χ3v) is 2.94. The first kappa shape index (κ1) is 14.8. The third-order valence-electron chi connectivity index (χ3n) is 2.94. The summed E-state index contributed by atoms with van der Waals surface area (Å²) in [4.78, 5) is 0.